The molecule has 6 aromatic rings. The fourth-order valence-corrected chi connectivity index (χ4v) is 15.8. The monoisotopic (exact) mass is 1620 g/mol. The zero-order valence-electron chi connectivity index (χ0n) is 67.7. The molecular weight excluding hydrogens is 1510 g/mol. The van der Waals surface area contributed by atoms with Crippen LogP contribution in [0.25, 0.3) is 10.9 Å². The third-order valence-electron chi connectivity index (χ3n) is 22.6. The maximum Gasteiger partial charge on any atom is 0.246 e. The summed E-state index contributed by atoms with van der Waals surface area (Å²) in [4.78, 5) is 184. The average Bonchev–Trinajstić information content (AvgIpc) is 1.62. The molecule has 14 bridgehead atoms. The highest BCUT2D eigenvalue weighted by molar-refractivity contribution is 6.00. The molecule has 6 aliphatic rings. The van der Waals surface area contributed by atoms with E-state index in [1.807, 2.05) is 45.4 Å². The molecule has 117 heavy (non-hydrogen) atoms. The van der Waals surface area contributed by atoms with E-state index >= 15 is 28.4 Å². The first-order chi connectivity index (χ1) is 56.0. The van der Waals surface area contributed by atoms with Crippen LogP contribution in [0.4, 0.5) is 4.39 Å². The molecule has 7 N–H and O–H groups in total. The van der Waals surface area contributed by atoms with Gasteiger partial charge in [-0.3, -0.25) is 62.2 Å². The Kier molecular flexibility index (Phi) is 29.8. The van der Waals surface area contributed by atoms with Gasteiger partial charge in [-0.05, 0) is 129 Å². The number of Topliss-reactive ketones (excluding diaryl/α,β-unsaturated/α-hetero) is 3. The molecule has 8 heterocycles. The lowest BCUT2D eigenvalue weighted by Crippen LogP contribution is -2.58. The second-order valence-corrected chi connectivity index (χ2v) is 32.5. The van der Waals surface area contributed by atoms with Gasteiger partial charge in [0.2, 0.25) is 53.2 Å². The lowest BCUT2D eigenvalue weighted by atomic mass is 9.87. The highest BCUT2D eigenvalue weighted by atomic mass is 19.1. The molecule has 32 heteroatoms. The Morgan fingerprint density at radius 2 is 1.47 bits per heavy atom. The van der Waals surface area contributed by atoms with Crippen LogP contribution in [0, 0.1) is 17.7 Å². The van der Waals surface area contributed by atoms with E-state index < -0.39 is 163 Å². The number of carbonyl (C=O) groups excluding carboxylic acids is 12. The smallest absolute Gasteiger partial charge is 0.246 e. The van der Waals surface area contributed by atoms with Crippen molar-refractivity contribution in [3.8, 4) is 5.75 Å². The van der Waals surface area contributed by atoms with Gasteiger partial charge < -0.3 is 79.7 Å². The van der Waals surface area contributed by atoms with Gasteiger partial charge in [0.15, 0.2) is 17.3 Å². The lowest BCUT2D eigenvalue weighted by Gasteiger charge is -2.37. The number of ketones is 3. The van der Waals surface area contributed by atoms with Gasteiger partial charge in [0.05, 0.1) is 104 Å². The van der Waals surface area contributed by atoms with Crippen LogP contribution in [-0.4, -0.2) is 256 Å². The molecule has 2 fully saturated rings. The van der Waals surface area contributed by atoms with Gasteiger partial charge in [-0.25, -0.2) is 4.39 Å². The van der Waals surface area contributed by atoms with Crippen LogP contribution in [-0.2, 0) is 124 Å². The number of hydrogen-bond acceptors (Lipinski definition) is 19. The van der Waals surface area contributed by atoms with E-state index in [0.717, 1.165) is 12.1 Å². The number of methoxy groups -OCH3 is 1. The first-order valence-electron chi connectivity index (χ1n) is 40.4. The van der Waals surface area contributed by atoms with E-state index in [-0.39, 0.29) is 110 Å². The van der Waals surface area contributed by atoms with E-state index in [9.17, 15) is 38.7 Å². The van der Waals surface area contributed by atoms with Crippen molar-refractivity contribution in [2.24, 2.45) is 11.8 Å². The van der Waals surface area contributed by atoms with Crippen molar-refractivity contribution in [3.05, 3.63) is 148 Å². The number of ether oxygens (including phenoxy) is 4. The summed E-state index contributed by atoms with van der Waals surface area (Å²) >= 11 is 0. The summed E-state index contributed by atoms with van der Waals surface area (Å²) in [5.74, 6) is -11.3. The van der Waals surface area contributed by atoms with Gasteiger partial charge in [-0.2, -0.15) is 0 Å². The minimum Gasteiger partial charge on any atom is -0.497 e. The fraction of sp³-hybridized carbons (Fsp3) is 0.529. The minimum absolute atomic E-state index is 0.00773. The molecule has 0 aliphatic carbocycles. The number of carbonyl (C=O) groups is 12. The molecule has 628 valence electrons. The molecule has 31 nitrogen and oxygen atoms in total. The maximum absolute atomic E-state index is 16.3. The third kappa shape index (κ3) is 23.6. The third-order valence-corrected chi connectivity index (χ3v) is 22.6. The quantitative estimate of drug-likeness (QED) is 0.0574. The Bertz CT molecular complexity index is 4580. The summed E-state index contributed by atoms with van der Waals surface area (Å²) in [6.07, 6.45) is -0.722. The maximum atomic E-state index is 16.3. The van der Waals surface area contributed by atoms with Gasteiger partial charge in [0, 0.05) is 107 Å². The lowest BCUT2D eigenvalue weighted by molar-refractivity contribution is -0.870. The first kappa shape index (κ1) is 87.2. The zero-order valence-corrected chi connectivity index (χ0v) is 67.7. The molecule has 6 aliphatic heterocycles. The number of aliphatic hydroxyl groups excluding tert-OH is 1. The van der Waals surface area contributed by atoms with Crippen molar-refractivity contribution in [3.63, 3.8) is 0 Å². The van der Waals surface area contributed by atoms with Crippen LogP contribution >= 0.6 is 0 Å². The largest absolute Gasteiger partial charge is 0.497 e. The molecule has 0 spiro atoms. The Labute approximate surface area is 679 Å². The van der Waals surface area contributed by atoms with Crippen molar-refractivity contribution < 1.29 is 90.5 Å². The summed E-state index contributed by atoms with van der Waals surface area (Å²) in [5.41, 5.74) is 3.23. The van der Waals surface area contributed by atoms with E-state index in [1.54, 1.807) is 88.1 Å². The van der Waals surface area contributed by atoms with Crippen molar-refractivity contribution in [2.75, 3.05) is 94.0 Å². The first-order valence-corrected chi connectivity index (χ1v) is 40.4. The molecule has 12 rings (SSSR count). The Morgan fingerprint density at radius 3 is 2.22 bits per heavy atom. The number of aromatic nitrogens is 4. The zero-order chi connectivity index (χ0) is 83.7. The number of benzene rings is 4. The van der Waals surface area contributed by atoms with Crippen molar-refractivity contribution in [1.29, 1.82) is 0 Å². The van der Waals surface area contributed by atoms with Crippen LogP contribution in [0.3, 0.4) is 0 Å². The average molecular weight is 1620 g/mol. The van der Waals surface area contributed by atoms with Gasteiger partial charge in [-0.1, -0.05) is 65.9 Å². The second kappa shape index (κ2) is 40.0. The summed E-state index contributed by atoms with van der Waals surface area (Å²) in [6.45, 7) is 5.20. The van der Waals surface area contributed by atoms with Gasteiger partial charge in [0.25, 0.3) is 0 Å². The molecule has 4 aromatic carbocycles. The number of nitrogens with zero attached hydrogens (tertiary/aromatic N) is 8. The highest BCUT2D eigenvalue weighted by Crippen LogP contribution is 2.36. The fourth-order valence-electron chi connectivity index (χ4n) is 15.8. The van der Waals surface area contributed by atoms with Crippen LogP contribution in [0.5, 0.6) is 5.75 Å². The molecule has 0 radical (unpaired) electrons. The Hall–Kier alpha value is -10.7. The van der Waals surface area contributed by atoms with Gasteiger partial charge in [0.1, 0.15) is 54.6 Å². The minimum atomic E-state index is -1.60. The van der Waals surface area contributed by atoms with Gasteiger partial charge in [-0.15, -0.1) is 5.10 Å². The van der Waals surface area contributed by atoms with Crippen molar-refractivity contribution >= 4 is 81.4 Å². The number of halogens is 1. The number of likely N-dealkylation sites (N-methyl/N-ethyl adjacent to an activating group) is 1. The summed E-state index contributed by atoms with van der Waals surface area (Å²) in [5, 5.41) is 37.6. The molecule has 0 saturated carbocycles. The number of aliphatic hydroxyl groups is 1. The molecule has 10 atom stereocenters. The number of hydrogen-bond donors (Lipinski definition) is 7. The van der Waals surface area contributed by atoms with E-state index in [2.05, 4.69) is 42.2 Å². The predicted octanol–water partition coefficient (Wildman–Crippen LogP) is 2.92. The molecule has 2 saturated heterocycles. The number of fused-ring (bicyclic) bond motifs is 16. The number of aryl methyl sites for hydroxylation is 1. The number of amides is 9. The van der Waals surface area contributed by atoms with E-state index in [4.69, 9.17) is 18.9 Å². The summed E-state index contributed by atoms with van der Waals surface area (Å²) in [6, 6.07) is 17.8. The number of rotatable bonds is 15. The standard InChI is InChI=1S/C85H109FN14O17/c1-53-80(109)91-67-41-58-12-8-13-59(39-58)46-87-77(107)52-117-73-27-31-98-79(73)72(103)45-65(54(2)101)81(110)92-68(40-56-19-22-64(114-7)23-20-56)84(113)99-30-10-29-85(99,3)74(104)14-9-11-55-15-17-57(18-16-55)48-95(78(108)26-25-76(106)90-69(82(111)89-53)47-88-75(105)28-35-115-37-38-116-36-34-100(4,5)6)32-33-97-51-63(93-94-97)50-96-49-61(42-60(83(98)112)43-71(67)102)66-44-62(86)21-24-70(66)96/h8,12-13,15-24,39,44,49,51,53-54,60,65,67-69,73,79,101H,9-11,14,25-38,40-43,45-48,50,52H2,1-7H3,(H5-,87,88,89,90,91,92,105,106,107,109,110,111)/p+1/t53-,54-,60-,65+,67+,68+,69+,73+,79-,85+/m1/s1. The van der Waals surface area contributed by atoms with Crippen LogP contribution in [0.15, 0.2) is 103 Å². The topological polar surface area (TPSA) is 380 Å². The SMILES string of the molecule is COc1ccc(C[C@@H]2NC(=O)[C@H]([C@@H](C)O)CC(=O)[C@@H]3[C@@H]4CCN3C(=O)[C@H]3CC(=O)[C@H](Cc5cccc(c5)CNC(=O)CO4)NC(=O)[C@@H](C)NC(=O)[C@H](CNC(=O)CCOCCOCC[N+](C)(C)C)NC(=O)CCC(=O)N(CCn4cc(nn4)Cn4cc(c5cc(F)ccc54)C3)Cc3ccc(cc3)CCCC(=O)[C@]3(C)CCCN3C2=O)cc1. The van der Waals surface area contributed by atoms with Crippen molar-refractivity contribution in [1.82, 2.24) is 66.2 Å². The second-order valence-electron chi connectivity index (χ2n) is 32.5. The number of nitrogens with one attached hydrogen (secondary N) is 6. The molecule has 2 aromatic heterocycles. The number of quaternary nitrogens is 1. The van der Waals surface area contributed by atoms with E-state index in [0.29, 0.717) is 93.5 Å². The van der Waals surface area contributed by atoms with Crippen LogP contribution in [0.2, 0.25) is 0 Å². The molecular formula is C85H110FN14O17+. The van der Waals surface area contributed by atoms with Crippen LogP contribution in [0.1, 0.15) is 124 Å². The van der Waals surface area contributed by atoms with Gasteiger partial charge >= 0.3 is 0 Å². The normalized spacial score (nSPS) is 24.2. The highest BCUT2D eigenvalue weighted by Gasteiger charge is 2.49. The summed E-state index contributed by atoms with van der Waals surface area (Å²) < 4.78 is 43.1. The Balaban J connectivity index is 0.995. The Morgan fingerprint density at radius 1 is 0.718 bits per heavy atom. The predicted molar refractivity (Wildman–Crippen MR) is 425 cm³/mol. The van der Waals surface area contributed by atoms with Crippen molar-refractivity contribution in [2.45, 2.75) is 185 Å². The molecule has 0 unspecified atom stereocenters. The molecule has 9 amide bonds. The van der Waals surface area contributed by atoms with E-state index in [1.165, 1.54) is 42.9 Å². The van der Waals surface area contributed by atoms with Crippen LogP contribution < -0.4 is 36.6 Å². The summed E-state index contributed by atoms with van der Waals surface area (Å²) in [7, 11) is 7.63.